The summed E-state index contributed by atoms with van der Waals surface area (Å²) in [5, 5.41) is 3.38. The number of nitrogens with zero attached hydrogens (tertiary/aromatic N) is 1. The molecule has 5 nitrogen and oxygen atoms in total. The van der Waals surface area contributed by atoms with Gasteiger partial charge in [-0.2, -0.15) is 0 Å². The molecule has 4 rings (SSSR count). The van der Waals surface area contributed by atoms with Crippen molar-refractivity contribution in [2.24, 2.45) is 0 Å². The summed E-state index contributed by atoms with van der Waals surface area (Å²) in [6.45, 7) is 1.69. The molecule has 2 aromatic carbocycles. The highest BCUT2D eigenvalue weighted by Gasteiger charge is 2.16. The Morgan fingerprint density at radius 3 is 2.95 bits per heavy atom. The summed E-state index contributed by atoms with van der Waals surface area (Å²) >= 11 is 0. The average molecular weight is 281 g/mol. The molecule has 2 N–H and O–H groups in total. The summed E-state index contributed by atoms with van der Waals surface area (Å²) in [7, 11) is 0. The maximum absolute atomic E-state index is 5.49. The van der Waals surface area contributed by atoms with Crippen LogP contribution in [0.5, 0.6) is 11.5 Å². The van der Waals surface area contributed by atoms with E-state index in [-0.39, 0.29) is 0 Å². The van der Waals surface area contributed by atoms with Crippen LogP contribution in [0.25, 0.3) is 11.0 Å². The van der Waals surface area contributed by atoms with E-state index in [0.29, 0.717) is 19.9 Å². The number of H-pyrrole nitrogens is 1. The van der Waals surface area contributed by atoms with Gasteiger partial charge in [0.05, 0.1) is 17.6 Å². The number of imidazole rings is 1. The molecule has 0 unspecified atom stereocenters. The Bertz CT molecular complexity index is 749. The zero-order chi connectivity index (χ0) is 14.1. The number of para-hydroxylation sites is 3. The van der Waals surface area contributed by atoms with Crippen LogP contribution < -0.4 is 14.8 Å². The number of nitrogens with one attached hydrogen (secondary N) is 2. The van der Waals surface area contributed by atoms with Crippen molar-refractivity contribution in [1.29, 1.82) is 0 Å². The van der Waals surface area contributed by atoms with E-state index in [1.807, 2.05) is 42.5 Å². The zero-order valence-corrected chi connectivity index (χ0v) is 11.4. The van der Waals surface area contributed by atoms with Crippen LogP contribution in [0.3, 0.4) is 0 Å². The van der Waals surface area contributed by atoms with Crippen molar-refractivity contribution in [1.82, 2.24) is 15.3 Å². The molecule has 1 aliphatic heterocycles. The lowest BCUT2D eigenvalue weighted by Gasteiger charge is -2.06. The first kappa shape index (κ1) is 12.2. The Hall–Kier alpha value is -2.53. The molecular weight excluding hydrogens is 266 g/mol. The van der Waals surface area contributed by atoms with Crippen LogP contribution in [0.1, 0.15) is 11.4 Å². The summed E-state index contributed by atoms with van der Waals surface area (Å²) in [5.74, 6) is 2.59. The van der Waals surface area contributed by atoms with E-state index in [4.69, 9.17) is 9.47 Å². The monoisotopic (exact) mass is 281 g/mol. The fourth-order valence-corrected chi connectivity index (χ4v) is 2.53. The van der Waals surface area contributed by atoms with Gasteiger partial charge in [-0.15, -0.1) is 0 Å². The van der Waals surface area contributed by atoms with Crippen LogP contribution in [-0.2, 0) is 13.1 Å². The molecule has 0 saturated heterocycles. The third-order valence-corrected chi connectivity index (χ3v) is 3.52. The van der Waals surface area contributed by atoms with E-state index in [0.717, 1.165) is 33.9 Å². The van der Waals surface area contributed by atoms with Crippen molar-refractivity contribution in [3.8, 4) is 11.5 Å². The molecule has 106 valence electrons. The molecule has 0 amide bonds. The third-order valence-electron chi connectivity index (χ3n) is 3.52. The van der Waals surface area contributed by atoms with Crippen molar-refractivity contribution in [3.05, 3.63) is 53.9 Å². The molecule has 2 heterocycles. The van der Waals surface area contributed by atoms with Crippen LogP contribution >= 0.6 is 0 Å². The number of aromatic nitrogens is 2. The predicted octanol–water partition coefficient (Wildman–Crippen LogP) is 2.58. The van der Waals surface area contributed by atoms with Gasteiger partial charge in [-0.1, -0.05) is 24.3 Å². The van der Waals surface area contributed by atoms with Crippen LogP contribution in [-0.4, -0.2) is 16.8 Å². The molecule has 0 bridgehead atoms. The first-order valence-electron chi connectivity index (χ1n) is 6.92. The van der Waals surface area contributed by atoms with Crippen LogP contribution in [0.4, 0.5) is 0 Å². The summed E-state index contributed by atoms with van der Waals surface area (Å²) in [4.78, 5) is 7.85. The first-order valence-corrected chi connectivity index (χ1v) is 6.92. The molecular formula is C16H15N3O2. The number of hydrogen-bond donors (Lipinski definition) is 2. The zero-order valence-electron chi connectivity index (χ0n) is 11.4. The Kier molecular flexibility index (Phi) is 2.97. The Balaban J connectivity index is 1.45. The highest BCUT2D eigenvalue weighted by molar-refractivity contribution is 5.74. The highest BCUT2D eigenvalue weighted by Crippen LogP contribution is 2.35. The van der Waals surface area contributed by atoms with E-state index in [9.17, 15) is 0 Å². The van der Waals surface area contributed by atoms with Gasteiger partial charge >= 0.3 is 0 Å². The molecule has 1 aromatic heterocycles. The van der Waals surface area contributed by atoms with Gasteiger partial charge in [-0.3, -0.25) is 0 Å². The van der Waals surface area contributed by atoms with Crippen molar-refractivity contribution in [2.45, 2.75) is 13.1 Å². The Labute approximate surface area is 121 Å². The number of benzene rings is 2. The highest BCUT2D eigenvalue weighted by atomic mass is 16.7. The largest absolute Gasteiger partial charge is 0.454 e. The molecule has 5 heteroatoms. The topological polar surface area (TPSA) is 59.2 Å². The lowest BCUT2D eigenvalue weighted by atomic mass is 10.2. The maximum atomic E-state index is 5.49. The normalized spacial score (nSPS) is 13.0. The van der Waals surface area contributed by atoms with Crippen molar-refractivity contribution in [3.63, 3.8) is 0 Å². The van der Waals surface area contributed by atoms with E-state index in [2.05, 4.69) is 15.3 Å². The van der Waals surface area contributed by atoms with Gasteiger partial charge in [-0.25, -0.2) is 4.98 Å². The van der Waals surface area contributed by atoms with E-state index in [1.54, 1.807) is 0 Å². The first-order chi connectivity index (χ1) is 10.4. The number of aromatic amines is 1. The second-order valence-corrected chi connectivity index (χ2v) is 4.96. The van der Waals surface area contributed by atoms with E-state index in [1.165, 1.54) is 0 Å². The summed E-state index contributed by atoms with van der Waals surface area (Å²) in [5.41, 5.74) is 3.15. The van der Waals surface area contributed by atoms with Gasteiger partial charge in [-0.05, 0) is 18.2 Å². The van der Waals surface area contributed by atoms with Crippen molar-refractivity contribution < 1.29 is 9.47 Å². The molecule has 21 heavy (non-hydrogen) atoms. The number of hydrogen-bond acceptors (Lipinski definition) is 4. The molecule has 0 spiro atoms. The van der Waals surface area contributed by atoms with Gasteiger partial charge in [0.1, 0.15) is 5.82 Å². The van der Waals surface area contributed by atoms with Gasteiger partial charge in [0, 0.05) is 12.1 Å². The predicted molar refractivity (Wildman–Crippen MR) is 79.2 cm³/mol. The quantitative estimate of drug-likeness (QED) is 0.771. The molecule has 0 atom stereocenters. The van der Waals surface area contributed by atoms with Gasteiger partial charge in [0.15, 0.2) is 11.5 Å². The second-order valence-electron chi connectivity index (χ2n) is 4.96. The standard InChI is InChI=1S/C16H15N3O2/c1-2-6-13-12(5-1)18-15(19-13)9-17-8-11-4-3-7-14-16(11)21-10-20-14/h1-7,17H,8-10H2,(H,18,19). The van der Waals surface area contributed by atoms with E-state index < -0.39 is 0 Å². The van der Waals surface area contributed by atoms with Crippen molar-refractivity contribution in [2.75, 3.05) is 6.79 Å². The number of fused-ring (bicyclic) bond motifs is 2. The average Bonchev–Trinajstić information content (AvgIpc) is 3.13. The molecule has 0 aliphatic carbocycles. The molecule has 1 aliphatic rings. The molecule has 3 aromatic rings. The lowest BCUT2D eigenvalue weighted by molar-refractivity contribution is 0.173. The van der Waals surface area contributed by atoms with E-state index >= 15 is 0 Å². The number of ether oxygens (including phenoxy) is 2. The van der Waals surface area contributed by atoms with Crippen LogP contribution in [0.2, 0.25) is 0 Å². The fraction of sp³-hybridized carbons (Fsp3) is 0.188. The minimum absolute atomic E-state index is 0.302. The maximum Gasteiger partial charge on any atom is 0.231 e. The molecule has 0 saturated carbocycles. The smallest absolute Gasteiger partial charge is 0.231 e. The van der Waals surface area contributed by atoms with Gasteiger partial charge in [0.2, 0.25) is 6.79 Å². The van der Waals surface area contributed by atoms with Crippen LogP contribution in [0, 0.1) is 0 Å². The summed E-state index contributed by atoms with van der Waals surface area (Å²) in [6.07, 6.45) is 0. The van der Waals surface area contributed by atoms with Crippen molar-refractivity contribution >= 4 is 11.0 Å². The summed E-state index contributed by atoms with van der Waals surface area (Å²) in [6, 6.07) is 14.0. The summed E-state index contributed by atoms with van der Waals surface area (Å²) < 4.78 is 10.9. The minimum Gasteiger partial charge on any atom is -0.454 e. The second kappa shape index (κ2) is 5.10. The molecule has 0 fully saturated rings. The van der Waals surface area contributed by atoms with Crippen LogP contribution in [0.15, 0.2) is 42.5 Å². The van der Waals surface area contributed by atoms with Gasteiger partial charge in [0.25, 0.3) is 0 Å². The van der Waals surface area contributed by atoms with Gasteiger partial charge < -0.3 is 19.8 Å². The minimum atomic E-state index is 0.302. The third kappa shape index (κ3) is 2.32. The fourth-order valence-electron chi connectivity index (χ4n) is 2.53. The Morgan fingerprint density at radius 1 is 1.05 bits per heavy atom. The Morgan fingerprint density at radius 2 is 2.00 bits per heavy atom. The molecule has 0 radical (unpaired) electrons. The lowest BCUT2D eigenvalue weighted by Crippen LogP contribution is -2.14. The SMILES string of the molecule is c1cc(CNCc2nc3ccccc3[nH]2)c2c(c1)OCO2. The number of rotatable bonds is 4.